The fourth-order valence-electron chi connectivity index (χ4n) is 1.74. The maximum atomic E-state index is 13.7. The highest BCUT2D eigenvalue weighted by Crippen LogP contribution is 2.24. The molecule has 1 heterocycles. The average molecular weight is 295 g/mol. The summed E-state index contributed by atoms with van der Waals surface area (Å²) < 4.78 is 13.7. The third-order valence-corrected chi connectivity index (χ3v) is 3.85. The van der Waals surface area contributed by atoms with Crippen LogP contribution < -0.4 is 11.1 Å². The predicted octanol–water partition coefficient (Wildman–Crippen LogP) is 2.78. The molecule has 0 saturated carbocycles. The molecule has 106 valence electrons. The minimum absolute atomic E-state index is 0.0893. The molecule has 0 aliphatic rings. The van der Waals surface area contributed by atoms with Gasteiger partial charge in [0.15, 0.2) is 0 Å². The van der Waals surface area contributed by atoms with Crippen LogP contribution in [0.4, 0.5) is 15.8 Å². The number of rotatable bonds is 5. The molecular formula is C13H14FN3O2S. The number of carboxylic acid groups (broad SMARTS) is 1. The second kappa shape index (κ2) is 5.87. The van der Waals surface area contributed by atoms with Crippen LogP contribution in [0.25, 0.3) is 0 Å². The minimum Gasteiger partial charge on any atom is -0.478 e. The number of nitrogen functional groups attached to an aromatic ring is 1. The molecule has 0 fully saturated rings. The van der Waals surface area contributed by atoms with Gasteiger partial charge in [-0.3, -0.25) is 0 Å². The molecule has 0 aliphatic carbocycles. The molecule has 0 aliphatic heterocycles. The Morgan fingerprint density at radius 3 is 2.95 bits per heavy atom. The molecule has 1 atom stereocenters. The summed E-state index contributed by atoms with van der Waals surface area (Å²) in [7, 11) is 0. The summed E-state index contributed by atoms with van der Waals surface area (Å²) in [6, 6.07) is 2.22. The van der Waals surface area contributed by atoms with E-state index in [9.17, 15) is 9.18 Å². The molecule has 0 radical (unpaired) electrons. The molecule has 4 N–H and O–H groups in total. The zero-order valence-corrected chi connectivity index (χ0v) is 11.6. The number of thiazole rings is 1. The Morgan fingerprint density at radius 2 is 2.35 bits per heavy atom. The van der Waals surface area contributed by atoms with Gasteiger partial charge >= 0.3 is 5.97 Å². The molecule has 1 aromatic carbocycles. The summed E-state index contributed by atoms with van der Waals surface area (Å²) in [6.45, 7) is 2.41. The van der Waals surface area contributed by atoms with Gasteiger partial charge in [0.05, 0.1) is 16.3 Å². The van der Waals surface area contributed by atoms with Crippen LogP contribution in [0.5, 0.6) is 0 Å². The lowest BCUT2D eigenvalue weighted by Gasteiger charge is -2.13. The Hall–Kier alpha value is -2.15. The topological polar surface area (TPSA) is 88.2 Å². The van der Waals surface area contributed by atoms with Gasteiger partial charge in [0, 0.05) is 29.7 Å². The van der Waals surface area contributed by atoms with Crippen molar-refractivity contribution in [2.75, 3.05) is 17.6 Å². The summed E-state index contributed by atoms with van der Waals surface area (Å²) in [5.74, 6) is -1.66. The summed E-state index contributed by atoms with van der Waals surface area (Å²) in [4.78, 5) is 15.2. The first-order valence-electron chi connectivity index (χ1n) is 5.94. The Morgan fingerprint density at radius 1 is 1.60 bits per heavy atom. The van der Waals surface area contributed by atoms with Gasteiger partial charge in [-0.1, -0.05) is 6.92 Å². The van der Waals surface area contributed by atoms with E-state index in [1.807, 2.05) is 12.3 Å². The van der Waals surface area contributed by atoms with E-state index < -0.39 is 11.8 Å². The number of benzene rings is 1. The first-order chi connectivity index (χ1) is 9.49. The molecule has 20 heavy (non-hydrogen) atoms. The van der Waals surface area contributed by atoms with E-state index in [-0.39, 0.29) is 22.9 Å². The fraction of sp³-hybridized carbons (Fsp3) is 0.231. The number of nitrogens with zero attached hydrogens (tertiary/aromatic N) is 1. The lowest BCUT2D eigenvalue weighted by Crippen LogP contribution is -2.12. The summed E-state index contributed by atoms with van der Waals surface area (Å²) in [6.07, 6.45) is 1.71. The number of nitrogens with one attached hydrogen (secondary N) is 1. The van der Waals surface area contributed by atoms with E-state index in [1.165, 1.54) is 17.4 Å². The number of halogens is 1. The number of hydrogen-bond acceptors (Lipinski definition) is 5. The van der Waals surface area contributed by atoms with Crippen LogP contribution in [-0.2, 0) is 0 Å². The Kier molecular flexibility index (Phi) is 4.19. The van der Waals surface area contributed by atoms with Crippen molar-refractivity contribution < 1.29 is 14.3 Å². The SMILES string of the molecule is CC(CNc1cc(C(=O)O)c(N)cc1F)c1nccs1. The molecule has 1 unspecified atom stereocenters. The van der Waals surface area contributed by atoms with Crippen LogP contribution in [-0.4, -0.2) is 22.6 Å². The summed E-state index contributed by atoms with van der Waals surface area (Å²) in [5.41, 5.74) is 5.39. The van der Waals surface area contributed by atoms with Gasteiger partial charge < -0.3 is 16.2 Å². The molecule has 0 bridgehead atoms. The van der Waals surface area contributed by atoms with Crippen LogP contribution in [0, 0.1) is 5.82 Å². The van der Waals surface area contributed by atoms with Crippen LogP contribution >= 0.6 is 11.3 Å². The fourth-order valence-corrected chi connectivity index (χ4v) is 2.44. The number of anilines is 2. The summed E-state index contributed by atoms with van der Waals surface area (Å²) in [5, 5.41) is 14.7. The van der Waals surface area contributed by atoms with E-state index in [2.05, 4.69) is 10.3 Å². The molecule has 0 saturated heterocycles. The van der Waals surface area contributed by atoms with Gasteiger partial charge in [0.1, 0.15) is 5.82 Å². The molecule has 2 aromatic rings. The monoisotopic (exact) mass is 295 g/mol. The third kappa shape index (κ3) is 3.05. The molecule has 0 amide bonds. The van der Waals surface area contributed by atoms with Crippen LogP contribution in [0.1, 0.15) is 28.2 Å². The summed E-state index contributed by atoms with van der Waals surface area (Å²) >= 11 is 1.52. The van der Waals surface area contributed by atoms with E-state index in [4.69, 9.17) is 10.8 Å². The van der Waals surface area contributed by atoms with Gasteiger partial charge in [0.2, 0.25) is 0 Å². The Labute approximate surface area is 119 Å². The average Bonchev–Trinajstić information content (AvgIpc) is 2.90. The maximum Gasteiger partial charge on any atom is 0.337 e. The van der Waals surface area contributed by atoms with E-state index in [1.54, 1.807) is 6.20 Å². The smallest absolute Gasteiger partial charge is 0.337 e. The number of hydrogen-bond donors (Lipinski definition) is 3. The first-order valence-corrected chi connectivity index (χ1v) is 6.82. The van der Waals surface area contributed by atoms with E-state index >= 15 is 0 Å². The third-order valence-electron chi connectivity index (χ3n) is 2.84. The van der Waals surface area contributed by atoms with E-state index in [0.717, 1.165) is 11.1 Å². The first kappa shape index (κ1) is 14.3. The van der Waals surface area contributed by atoms with Crippen LogP contribution in [0.2, 0.25) is 0 Å². The minimum atomic E-state index is -1.18. The lowest BCUT2D eigenvalue weighted by atomic mass is 10.1. The van der Waals surface area contributed by atoms with Crippen molar-refractivity contribution in [3.05, 3.63) is 40.1 Å². The molecule has 2 rings (SSSR count). The highest BCUT2D eigenvalue weighted by Gasteiger charge is 2.14. The molecule has 5 nitrogen and oxygen atoms in total. The van der Waals surface area contributed by atoms with Crippen molar-refractivity contribution >= 4 is 28.7 Å². The van der Waals surface area contributed by atoms with Crippen molar-refractivity contribution in [3.63, 3.8) is 0 Å². The van der Waals surface area contributed by atoms with Crippen molar-refractivity contribution in [3.8, 4) is 0 Å². The van der Waals surface area contributed by atoms with Gasteiger partial charge in [0.25, 0.3) is 0 Å². The molecule has 1 aromatic heterocycles. The van der Waals surface area contributed by atoms with Gasteiger partial charge in [-0.15, -0.1) is 11.3 Å². The standard InChI is InChI=1S/C13H14FN3O2S/c1-7(12-16-2-3-20-12)6-17-11-4-8(13(18)19)10(15)5-9(11)14/h2-5,7,17H,6,15H2,1H3,(H,18,19). The normalized spacial score (nSPS) is 12.1. The lowest BCUT2D eigenvalue weighted by molar-refractivity contribution is 0.0698. The number of aromatic carboxylic acids is 1. The number of carboxylic acids is 1. The predicted molar refractivity (Wildman–Crippen MR) is 76.8 cm³/mol. The van der Waals surface area contributed by atoms with E-state index in [0.29, 0.717) is 6.54 Å². The Balaban J connectivity index is 2.13. The maximum absolute atomic E-state index is 13.7. The van der Waals surface area contributed by atoms with Gasteiger partial charge in [-0.25, -0.2) is 14.2 Å². The number of carbonyl (C=O) groups is 1. The van der Waals surface area contributed by atoms with Crippen molar-refractivity contribution in [1.29, 1.82) is 0 Å². The second-order valence-electron chi connectivity index (χ2n) is 4.38. The largest absolute Gasteiger partial charge is 0.478 e. The zero-order valence-electron chi connectivity index (χ0n) is 10.8. The van der Waals surface area contributed by atoms with Crippen LogP contribution in [0.15, 0.2) is 23.7 Å². The number of nitrogens with two attached hydrogens (primary N) is 1. The van der Waals surface area contributed by atoms with Gasteiger partial charge in [-0.2, -0.15) is 0 Å². The zero-order chi connectivity index (χ0) is 14.7. The van der Waals surface area contributed by atoms with Crippen LogP contribution in [0.3, 0.4) is 0 Å². The quantitative estimate of drug-likeness (QED) is 0.738. The second-order valence-corrected chi connectivity index (χ2v) is 5.30. The number of aromatic nitrogens is 1. The van der Waals surface area contributed by atoms with Gasteiger partial charge in [-0.05, 0) is 12.1 Å². The molecule has 7 heteroatoms. The van der Waals surface area contributed by atoms with Crippen molar-refractivity contribution in [2.24, 2.45) is 0 Å². The molecule has 0 spiro atoms. The highest BCUT2D eigenvalue weighted by atomic mass is 32.1. The van der Waals surface area contributed by atoms with Crippen molar-refractivity contribution in [1.82, 2.24) is 4.98 Å². The highest BCUT2D eigenvalue weighted by molar-refractivity contribution is 7.09. The molecular weight excluding hydrogens is 281 g/mol. The Bertz CT molecular complexity index is 616. The van der Waals surface area contributed by atoms with Crippen molar-refractivity contribution in [2.45, 2.75) is 12.8 Å².